The predicted octanol–water partition coefficient (Wildman–Crippen LogP) is 18.1. The second-order valence-electron chi connectivity index (χ2n) is 18.5. The highest BCUT2D eigenvalue weighted by Crippen LogP contribution is 2.16. The Kier molecular flexibility index (Phi) is 50.3. The van der Waals surface area contributed by atoms with Crippen LogP contribution in [0.3, 0.4) is 0 Å². The molecule has 0 aliphatic rings. The van der Waals surface area contributed by atoms with Gasteiger partial charge in [-0.1, -0.05) is 250 Å². The zero-order valence-corrected chi connectivity index (χ0v) is 42.1. The highest BCUT2D eigenvalue weighted by Gasteiger charge is 2.19. The van der Waals surface area contributed by atoms with Gasteiger partial charge in [-0.3, -0.25) is 14.4 Å². The smallest absolute Gasteiger partial charge is 0.306 e. The van der Waals surface area contributed by atoms with Crippen molar-refractivity contribution in [3.63, 3.8) is 0 Å². The van der Waals surface area contributed by atoms with E-state index >= 15 is 0 Å². The van der Waals surface area contributed by atoms with Crippen molar-refractivity contribution < 1.29 is 28.6 Å². The zero-order chi connectivity index (χ0) is 45.8. The summed E-state index contributed by atoms with van der Waals surface area (Å²) >= 11 is 0. The molecule has 63 heavy (non-hydrogen) atoms. The predicted molar refractivity (Wildman–Crippen MR) is 270 cm³/mol. The second-order valence-corrected chi connectivity index (χ2v) is 18.5. The molecule has 0 saturated carbocycles. The van der Waals surface area contributed by atoms with Gasteiger partial charge in [0.1, 0.15) is 13.2 Å². The maximum Gasteiger partial charge on any atom is 0.306 e. The van der Waals surface area contributed by atoms with Gasteiger partial charge in [0.25, 0.3) is 0 Å². The van der Waals surface area contributed by atoms with E-state index in [-0.39, 0.29) is 31.1 Å². The van der Waals surface area contributed by atoms with E-state index in [1.807, 2.05) is 0 Å². The minimum atomic E-state index is -0.768. The summed E-state index contributed by atoms with van der Waals surface area (Å²) in [5.41, 5.74) is 0. The molecule has 0 aliphatic heterocycles. The van der Waals surface area contributed by atoms with Crippen LogP contribution in [-0.2, 0) is 28.6 Å². The van der Waals surface area contributed by atoms with E-state index in [4.69, 9.17) is 14.2 Å². The molecule has 0 fully saturated rings. The van der Waals surface area contributed by atoms with Gasteiger partial charge in [-0.25, -0.2) is 0 Å². The van der Waals surface area contributed by atoms with Crippen molar-refractivity contribution in [2.45, 2.75) is 297 Å². The molecule has 0 radical (unpaired) electrons. The monoisotopic (exact) mass is 885 g/mol. The van der Waals surface area contributed by atoms with Crippen LogP contribution in [0.5, 0.6) is 0 Å². The van der Waals surface area contributed by atoms with Gasteiger partial charge in [0.15, 0.2) is 6.10 Å². The summed E-state index contributed by atoms with van der Waals surface area (Å²) < 4.78 is 16.7. The van der Waals surface area contributed by atoms with Gasteiger partial charge in [0.05, 0.1) is 0 Å². The Morgan fingerprint density at radius 1 is 0.317 bits per heavy atom. The van der Waals surface area contributed by atoms with Crippen LogP contribution in [0.15, 0.2) is 36.5 Å². The third-order valence-electron chi connectivity index (χ3n) is 12.1. The molecule has 0 amide bonds. The number of esters is 3. The third kappa shape index (κ3) is 50.5. The van der Waals surface area contributed by atoms with Crippen LogP contribution in [0.4, 0.5) is 0 Å². The maximum absolute atomic E-state index is 12.8. The molecule has 1 atom stereocenters. The van der Waals surface area contributed by atoms with Gasteiger partial charge in [-0.2, -0.15) is 0 Å². The van der Waals surface area contributed by atoms with E-state index in [0.717, 1.165) is 77.0 Å². The van der Waals surface area contributed by atoms with E-state index in [9.17, 15) is 14.4 Å². The summed E-state index contributed by atoms with van der Waals surface area (Å²) in [6, 6.07) is 0. The molecule has 1 unspecified atom stereocenters. The van der Waals surface area contributed by atoms with Crippen molar-refractivity contribution in [2.24, 2.45) is 0 Å². The molecule has 0 spiro atoms. The van der Waals surface area contributed by atoms with Gasteiger partial charge in [0, 0.05) is 19.3 Å². The highest BCUT2D eigenvalue weighted by atomic mass is 16.6. The number of carbonyl (C=O) groups excluding carboxylic acids is 3. The molecule has 0 aromatic rings. The van der Waals surface area contributed by atoms with Crippen molar-refractivity contribution in [2.75, 3.05) is 13.2 Å². The van der Waals surface area contributed by atoms with E-state index in [1.165, 1.54) is 173 Å². The third-order valence-corrected chi connectivity index (χ3v) is 12.1. The largest absolute Gasteiger partial charge is 0.462 e. The quantitative estimate of drug-likeness (QED) is 0.0262. The lowest BCUT2D eigenvalue weighted by molar-refractivity contribution is -0.167. The molecule has 6 heteroatoms. The Labute approximate surface area is 391 Å². The Morgan fingerprint density at radius 2 is 0.571 bits per heavy atom. The number of carbonyl (C=O) groups is 3. The molecular weight excluding hydrogens is 781 g/mol. The molecule has 0 aliphatic carbocycles. The lowest BCUT2D eigenvalue weighted by Gasteiger charge is -2.18. The van der Waals surface area contributed by atoms with E-state index < -0.39 is 6.10 Å². The van der Waals surface area contributed by atoms with Crippen molar-refractivity contribution in [1.29, 1.82) is 0 Å². The van der Waals surface area contributed by atoms with Gasteiger partial charge in [-0.05, 0) is 57.8 Å². The number of rotatable bonds is 50. The fraction of sp³-hybridized carbons (Fsp3) is 0.842. The Balaban J connectivity index is 4.15. The van der Waals surface area contributed by atoms with Crippen LogP contribution in [0, 0.1) is 0 Å². The minimum Gasteiger partial charge on any atom is -0.462 e. The number of hydrogen-bond acceptors (Lipinski definition) is 6. The standard InChI is InChI=1S/C57H104O6/c1-4-7-10-13-16-18-20-22-24-26-27-28-29-30-31-32-34-35-37-39-41-44-47-50-56(59)62-53-54(52-61-55(58)49-46-43-15-12-9-6-3)63-57(60)51-48-45-42-40-38-36-33-25-23-21-19-17-14-11-8-5-2/h20,22,26-27,29-30,54H,4-19,21,23-25,28,31-53H2,1-3H3/b22-20-,27-26-,30-29-. The maximum atomic E-state index is 12.8. The number of unbranched alkanes of at least 4 members (excludes halogenated alkanes) is 33. The normalized spacial score (nSPS) is 12.2. The molecule has 0 rings (SSSR count). The topological polar surface area (TPSA) is 78.9 Å². The first kappa shape index (κ1) is 60.6. The highest BCUT2D eigenvalue weighted by molar-refractivity contribution is 5.71. The van der Waals surface area contributed by atoms with E-state index in [2.05, 4.69) is 57.2 Å². The Morgan fingerprint density at radius 3 is 0.889 bits per heavy atom. The number of hydrogen-bond donors (Lipinski definition) is 0. The first-order chi connectivity index (χ1) is 31.0. The van der Waals surface area contributed by atoms with Crippen molar-refractivity contribution >= 4 is 17.9 Å². The first-order valence-corrected chi connectivity index (χ1v) is 27.5. The van der Waals surface area contributed by atoms with Gasteiger partial charge >= 0.3 is 17.9 Å². The fourth-order valence-corrected chi connectivity index (χ4v) is 7.98. The molecule has 0 aromatic carbocycles. The SMILES string of the molecule is CCCCCCC/C=C\C/C=C\C/C=C\CCCCCCCCCCC(=O)OCC(COC(=O)CCCCCCCC)OC(=O)CCCCCCCCCCCCCCCCCC. The average molecular weight is 885 g/mol. The van der Waals surface area contributed by atoms with Crippen LogP contribution in [-0.4, -0.2) is 37.2 Å². The Bertz CT molecular complexity index is 1060. The fourth-order valence-electron chi connectivity index (χ4n) is 7.98. The van der Waals surface area contributed by atoms with Crippen LogP contribution < -0.4 is 0 Å². The lowest BCUT2D eigenvalue weighted by Crippen LogP contribution is -2.30. The van der Waals surface area contributed by atoms with E-state index in [0.29, 0.717) is 19.3 Å². The van der Waals surface area contributed by atoms with Crippen LogP contribution in [0.2, 0.25) is 0 Å². The summed E-state index contributed by atoms with van der Waals surface area (Å²) in [6.45, 7) is 6.59. The first-order valence-electron chi connectivity index (χ1n) is 27.5. The summed E-state index contributed by atoms with van der Waals surface area (Å²) in [5, 5.41) is 0. The molecule has 368 valence electrons. The van der Waals surface area contributed by atoms with Gasteiger partial charge in [-0.15, -0.1) is 0 Å². The summed E-state index contributed by atoms with van der Waals surface area (Å²) in [6.07, 6.45) is 61.6. The summed E-state index contributed by atoms with van der Waals surface area (Å²) in [4.78, 5) is 37.8. The summed E-state index contributed by atoms with van der Waals surface area (Å²) in [5.74, 6) is -0.875. The summed E-state index contributed by atoms with van der Waals surface area (Å²) in [7, 11) is 0. The number of ether oxygens (including phenoxy) is 3. The molecule has 0 aromatic heterocycles. The lowest BCUT2D eigenvalue weighted by atomic mass is 10.0. The molecule has 0 saturated heterocycles. The van der Waals surface area contributed by atoms with Gasteiger partial charge in [0.2, 0.25) is 0 Å². The average Bonchev–Trinajstić information content (AvgIpc) is 3.28. The van der Waals surface area contributed by atoms with Crippen molar-refractivity contribution in [1.82, 2.24) is 0 Å². The Hall–Kier alpha value is -2.37. The zero-order valence-electron chi connectivity index (χ0n) is 42.1. The molecule has 6 nitrogen and oxygen atoms in total. The molecule has 0 N–H and O–H groups in total. The van der Waals surface area contributed by atoms with Crippen molar-refractivity contribution in [3.05, 3.63) is 36.5 Å². The minimum absolute atomic E-state index is 0.0717. The molecular formula is C57H104O6. The van der Waals surface area contributed by atoms with Crippen LogP contribution in [0.25, 0.3) is 0 Å². The number of allylic oxidation sites excluding steroid dienone is 6. The van der Waals surface area contributed by atoms with Crippen molar-refractivity contribution in [3.8, 4) is 0 Å². The van der Waals surface area contributed by atoms with Gasteiger partial charge < -0.3 is 14.2 Å². The molecule has 0 heterocycles. The second kappa shape index (κ2) is 52.3. The van der Waals surface area contributed by atoms with Crippen LogP contribution >= 0.6 is 0 Å². The van der Waals surface area contributed by atoms with E-state index in [1.54, 1.807) is 0 Å². The van der Waals surface area contributed by atoms with Crippen LogP contribution in [0.1, 0.15) is 290 Å². The molecule has 0 bridgehead atoms.